The molecule has 0 aliphatic carbocycles. The molecular weight excluding hydrogens is 404 g/mol. The maximum atomic E-state index is 12.9. The van der Waals surface area contributed by atoms with Gasteiger partial charge in [-0.25, -0.2) is 13.1 Å². The molecule has 0 aromatic heterocycles. The first kappa shape index (κ1) is 22.3. The van der Waals surface area contributed by atoms with Crippen LogP contribution >= 0.6 is 0 Å². The summed E-state index contributed by atoms with van der Waals surface area (Å²) in [7, 11) is -2.31. The van der Waals surface area contributed by atoms with E-state index in [4.69, 9.17) is 9.47 Å². The summed E-state index contributed by atoms with van der Waals surface area (Å²) in [4.78, 5) is 14.6. The topological polar surface area (TPSA) is 84.9 Å². The Bertz CT molecular complexity index is 957. The number of sulfonamides is 1. The van der Waals surface area contributed by atoms with Gasteiger partial charge in [0.2, 0.25) is 10.0 Å². The molecule has 1 heterocycles. The van der Waals surface area contributed by atoms with Gasteiger partial charge in [0.05, 0.1) is 30.8 Å². The average Bonchev–Trinajstić information content (AvgIpc) is 2.77. The van der Waals surface area contributed by atoms with E-state index >= 15 is 0 Å². The fourth-order valence-electron chi connectivity index (χ4n) is 3.38. The smallest absolute Gasteiger partial charge is 0.257 e. The number of nitrogens with zero attached hydrogens (tertiary/aromatic N) is 1. The molecule has 1 saturated heterocycles. The number of hydrogen-bond acceptors (Lipinski definition) is 5. The lowest BCUT2D eigenvalue weighted by Crippen LogP contribution is -2.41. The normalized spacial score (nSPS) is 15.6. The van der Waals surface area contributed by atoms with Gasteiger partial charge in [0.15, 0.2) is 0 Å². The van der Waals surface area contributed by atoms with Gasteiger partial charge in [0, 0.05) is 19.1 Å². The molecule has 0 unspecified atom stereocenters. The zero-order valence-electron chi connectivity index (χ0n) is 17.3. The van der Waals surface area contributed by atoms with Crippen LogP contribution in [-0.4, -0.2) is 58.7 Å². The Kier molecular flexibility index (Phi) is 7.47. The fourth-order valence-corrected chi connectivity index (χ4v) is 4.68. The Labute approximate surface area is 178 Å². The van der Waals surface area contributed by atoms with Crippen LogP contribution in [0.4, 0.5) is 0 Å². The molecule has 1 N–H and O–H groups in total. The number of hydrogen-bond donors (Lipinski definition) is 1. The SMILES string of the molecule is COc1ccc(S(=O)(=O)N[C@@H](C)CCc2ccccc2)cc1C(=O)N1CCOCC1. The number of amides is 1. The number of carbonyl (C=O) groups excluding carboxylic acids is 1. The Morgan fingerprint density at radius 2 is 1.87 bits per heavy atom. The largest absolute Gasteiger partial charge is 0.496 e. The Balaban J connectivity index is 1.73. The summed E-state index contributed by atoms with van der Waals surface area (Å²) in [6.45, 7) is 3.70. The summed E-state index contributed by atoms with van der Waals surface area (Å²) in [5, 5.41) is 0. The minimum Gasteiger partial charge on any atom is -0.496 e. The lowest BCUT2D eigenvalue weighted by atomic mass is 10.1. The lowest BCUT2D eigenvalue weighted by Gasteiger charge is -2.27. The van der Waals surface area contributed by atoms with Crippen molar-refractivity contribution >= 4 is 15.9 Å². The molecule has 30 heavy (non-hydrogen) atoms. The molecule has 0 bridgehead atoms. The van der Waals surface area contributed by atoms with Crippen molar-refractivity contribution in [1.82, 2.24) is 9.62 Å². The molecule has 2 aromatic carbocycles. The van der Waals surface area contributed by atoms with Gasteiger partial charge in [-0.1, -0.05) is 30.3 Å². The van der Waals surface area contributed by atoms with Gasteiger partial charge >= 0.3 is 0 Å². The van der Waals surface area contributed by atoms with E-state index in [-0.39, 0.29) is 22.4 Å². The van der Waals surface area contributed by atoms with Crippen molar-refractivity contribution in [2.75, 3.05) is 33.4 Å². The third kappa shape index (κ3) is 5.59. The number of benzene rings is 2. The van der Waals surface area contributed by atoms with Crippen molar-refractivity contribution in [1.29, 1.82) is 0 Å². The molecule has 1 aliphatic heterocycles. The zero-order valence-corrected chi connectivity index (χ0v) is 18.2. The second-order valence-corrected chi connectivity index (χ2v) is 9.03. The van der Waals surface area contributed by atoms with Crippen LogP contribution in [0.5, 0.6) is 5.75 Å². The van der Waals surface area contributed by atoms with Gasteiger partial charge in [-0.3, -0.25) is 4.79 Å². The molecule has 1 aliphatic rings. The second-order valence-electron chi connectivity index (χ2n) is 7.31. The fraction of sp³-hybridized carbons (Fsp3) is 0.409. The monoisotopic (exact) mass is 432 g/mol. The van der Waals surface area contributed by atoms with E-state index in [0.29, 0.717) is 38.5 Å². The van der Waals surface area contributed by atoms with E-state index < -0.39 is 10.0 Å². The number of methoxy groups -OCH3 is 1. The van der Waals surface area contributed by atoms with Crippen LogP contribution in [0.1, 0.15) is 29.3 Å². The molecule has 0 radical (unpaired) electrons. The first-order valence-electron chi connectivity index (χ1n) is 10.0. The maximum absolute atomic E-state index is 12.9. The quantitative estimate of drug-likeness (QED) is 0.693. The van der Waals surface area contributed by atoms with Crippen molar-refractivity contribution in [2.24, 2.45) is 0 Å². The van der Waals surface area contributed by atoms with Gasteiger partial charge in [-0.15, -0.1) is 0 Å². The minimum atomic E-state index is -3.78. The van der Waals surface area contributed by atoms with Gasteiger partial charge in [-0.2, -0.15) is 0 Å². The zero-order chi connectivity index (χ0) is 21.6. The highest BCUT2D eigenvalue weighted by molar-refractivity contribution is 7.89. The van der Waals surface area contributed by atoms with Crippen LogP contribution in [0.25, 0.3) is 0 Å². The number of nitrogens with one attached hydrogen (secondary N) is 1. The van der Waals surface area contributed by atoms with E-state index in [0.717, 1.165) is 12.0 Å². The van der Waals surface area contributed by atoms with Crippen molar-refractivity contribution in [3.8, 4) is 5.75 Å². The Hall–Kier alpha value is -2.42. The predicted octanol–water partition coefficient (Wildman–Crippen LogP) is 2.47. The molecule has 1 fully saturated rings. The third-order valence-electron chi connectivity index (χ3n) is 5.08. The standard InChI is InChI=1S/C22H28N2O5S/c1-17(8-9-18-6-4-3-5-7-18)23-30(26,27)19-10-11-21(28-2)20(16-19)22(25)24-12-14-29-15-13-24/h3-7,10-11,16-17,23H,8-9,12-15H2,1-2H3/t17-/m0/s1. The molecule has 8 heteroatoms. The average molecular weight is 433 g/mol. The summed E-state index contributed by atoms with van der Waals surface area (Å²) in [5.74, 6) is 0.0897. The molecule has 3 rings (SSSR count). The summed E-state index contributed by atoms with van der Waals surface area (Å²) >= 11 is 0. The molecule has 162 valence electrons. The minimum absolute atomic E-state index is 0.0477. The van der Waals surface area contributed by atoms with Crippen LogP contribution in [0.2, 0.25) is 0 Å². The summed E-state index contributed by atoms with van der Waals surface area (Å²) in [6, 6.07) is 14.1. The van der Waals surface area contributed by atoms with Crippen LogP contribution in [0.15, 0.2) is 53.4 Å². The number of rotatable bonds is 8. The van der Waals surface area contributed by atoms with E-state index in [9.17, 15) is 13.2 Å². The summed E-state index contributed by atoms with van der Waals surface area (Å²) in [5.41, 5.74) is 1.39. The molecule has 7 nitrogen and oxygen atoms in total. The van der Waals surface area contributed by atoms with Crippen molar-refractivity contribution < 1.29 is 22.7 Å². The van der Waals surface area contributed by atoms with E-state index in [1.165, 1.54) is 25.3 Å². The van der Waals surface area contributed by atoms with Gasteiger partial charge in [0.1, 0.15) is 5.75 Å². The van der Waals surface area contributed by atoms with Crippen LogP contribution < -0.4 is 9.46 Å². The molecule has 2 aromatic rings. The third-order valence-corrected chi connectivity index (χ3v) is 6.66. The Morgan fingerprint density at radius 3 is 2.53 bits per heavy atom. The number of ether oxygens (including phenoxy) is 2. The summed E-state index contributed by atoms with van der Waals surface area (Å²) < 4.78 is 39.1. The van der Waals surface area contributed by atoms with Crippen LogP contribution in [0.3, 0.4) is 0 Å². The number of morpholine rings is 1. The highest BCUT2D eigenvalue weighted by Gasteiger charge is 2.25. The maximum Gasteiger partial charge on any atom is 0.257 e. The molecule has 1 atom stereocenters. The highest BCUT2D eigenvalue weighted by Crippen LogP contribution is 2.25. The van der Waals surface area contributed by atoms with Crippen molar-refractivity contribution in [2.45, 2.75) is 30.7 Å². The molecule has 0 saturated carbocycles. The van der Waals surface area contributed by atoms with E-state index in [1.807, 2.05) is 37.3 Å². The summed E-state index contributed by atoms with van der Waals surface area (Å²) in [6.07, 6.45) is 1.44. The predicted molar refractivity (Wildman–Crippen MR) is 114 cm³/mol. The van der Waals surface area contributed by atoms with Crippen LogP contribution in [-0.2, 0) is 21.2 Å². The number of aryl methyl sites for hydroxylation is 1. The van der Waals surface area contributed by atoms with Crippen molar-refractivity contribution in [3.05, 3.63) is 59.7 Å². The van der Waals surface area contributed by atoms with Gasteiger partial charge < -0.3 is 14.4 Å². The van der Waals surface area contributed by atoms with Crippen molar-refractivity contribution in [3.63, 3.8) is 0 Å². The van der Waals surface area contributed by atoms with Gasteiger partial charge in [0.25, 0.3) is 5.91 Å². The van der Waals surface area contributed by atoms with E-state index in [2.05, 4.69) is 4.72 Å². The molecule has 1 amide bonds. The van der Waals surface area contributed by atoms with Crippen LogP contribution in [0, 0.1) is 0 Å². The molecular formula is C22H28N2O5S. The van der Waals surface area contributed by atoms with Gasteiger partial charge in [-0.05, 0) is 43.5 Å². The molecule has 0 spiro atoms. The highest BCUT2D eigenvalue weighted by atomic mass is 32.2. The second kappa shape index (κ2) is 10.1. The number of carbonyl (C=O) groups is 1. The van der Waals surface area contributed by atoms with E-state index in [1.54, 1.807) is 4.90 Å². The first-order valence-corrected chi connectivity index (χ1v) is 11.5. The lowest BCUT2D eigenvalue weighted by molar-refractivity contribution is 0.0300. The Morgan fingerprint density at radius 1 is 1.17 bits per heavy atom. The first-order chi connectivity index (χ1) is 14.4.